The summed E-state index contributed by atoms with van der Waals surface area (Å²) < 4.78 is 0. The van der Waals surface area contributed by atoms with Crippen molar-refractivity contribution in [2.75, 3.05) is 6.54 Å². The summed E-state index contributed by atoms with van der Waals surface area (Å²) in [4.78, 5) is 58.9. The average molecular weight is 423 g/mol. The monoisotopic (exact) mass is 423 g/mol. The number of rotatable bonds is 11. The Kier molecular flexibility index (Phi) is 9.23. The van der Waals surface area contributed by atoms with Gasteiger partial charge in [-0.2, -0.15) is 0 Å². The van der Waals surface area contributed by atoms with Gasteiger partial charge < -0.3 is 37.6 Å². The Labute approximate surface area is 172 Å². The third-order valence-corrected chi connectivity index (χ3v) is 3.98. The molecule has 164 valence electrons. The van der Waals surface area contributed by atoms with E-state index in [-0.39, 0.29) is 12.2 Å². The van der Waals surface area contributed by atoms with E-state index in [4.69, 9.17) is 16.6 Å². The maximum atomic E-state index is 12.6. The van der Waals surface area contributed by atoms with Crippen molar-refractivity contribution < 1.29 is 34.2 Å². The van der Waals surface area contributed by atoms with Crippen LogP contribution in [0.3, 0.4) is 0 Å². The fourth-order valence-corrected chi connectivity index (χ4v) is 2.39. The summed E-state index contributed by atoms with van der Waals surface area (Å²) in [6.07, 6.45) is -0.588. The third-order valence-electron chi connectivity index (χ3n) is 3.98. The average Bonchev–Trinajstić information content (AvgIpc) is 2.67. The second kappa shape index (κ2) is 11.4. The van der Waals surface area contributed by atoms with Crippen molar-refractivity contribution in [2.24, 2.45) is 11.5 Å². The quantitative estimate of drug-likeness (QED) is 0.199. The number of hydrogen-bond acceptors (Lipinski definition) is 7. The SMILES string of the molecule is CC(NC(=O)C(Cc1ccc(O)cc1)NC(=O)C(CC(N)=O)NC(=O)CN)C(=O)O. The second-order valence-electron chi connectivity index (χ2n) is 6.49. The molecule has 30 heavy (non-hydrogen) atoms. The van der Waals surface area contributed by atoms with Crippen molar-refractivity contribution in [1.82, 2.24) is 16.0 Å². The zero-order valence-corrected chi connectivity index (χ0v) is 16.3. The van der Waals surface area contributed by atoms with Crippen LogP contribution in [0, 0.1) is 0 Å². The number of aromatic hydroxyl groups is 1. The Hall–Kier alpha value is -3.67. The fourth-order valence-electron chi connectivity index (χ4n) is 2.39. The number of aliphatic carboxylic acids is 1. The molecule has 9 N–H and O–H groups in total. The van der Waals surface area contributed by atoms with E-state index < -0.39 is 60.7 Å². The highest BCUT2D eigenvalue weighted by molar-refractivity contribution is 5.95. The summed E-state index contributed by atoms with van der Waals surface area (Å²) in [6, 6.07) is 1.95. The molecule has 0 aliphatic heterocycles. The van der Waals surface area contributed by atoms with E-state index >= 15 is 0 Å². The molecule has 0 fully saturated rings. The van der Waals surface area contributed by atoms with Crippen LogP contribution in [0.1, 0.15) is 18.9 Å². The van der Waals surface area contributed by atoms with Gasteiger partial charge in [0.2, 0.25) is 23.6 Å². The summed E-state index contributed by atoms with van der Waals surface area (Å²) in [7, 11) is 0. The van der Waals surface area contributed by atoms with E-state index in [0.29, 0.717) is 5.56 Å². The molecule has 3 unspecified atom stereocenters. The van der Waals surface area contributed by atoms with E-state index in [1.165, 1.54) is 31.2 Å². The maximum absolute atomic E-state index is 12.6. The lowest BCUT2D eigenvalue weighted by Crippen LogP contribution is -2.57. The van der Waals surface area contributed by atoms with Gasteiger partial charge in [0.15, 0.2) is 0 Å². The van der Waals surface area contributed by atoms with Gasteiger partial charge in [-0.1, -0.05) is 12.1 Å². The van der Waals surface area contributed by atoms with Crippen molar-refractivity contribution >= 4 is 29.6 Å². The van der Waals surface area contributed by atoms with Gasteiger partial charge in [-0.25, -0.2) is 0 Å². The van der Waals surface area contributed by atoms with Crippen molar-refractivity contribution in [1.29, 1.82) is 0 Å². The molecule has 0 aliphatic rings. The molecular weight excluding hydrogens is 398 g/mol. The van der Waals surface area contributed by atoms with E-state index in [1.807, 2.05) is 0 Å². The molecule has 1 aromatic rings. The molecule has 0 aliphatic carbocycles. The lowest BCUT2D eigenvalue weighted by atomic mass is 10.0. The third kappa shape index (κ3) is 8.14. The molecule has 0 heterocycles. The summed E-state index contributed by atoms with van der Waals surface area (Å²) >= 11 is 0. The van der Waals surface area contributed by atoms with Crippen LogP contribution in [0.2, 0.25) is 0 Å². The van der Waals surface area contributed by atoms with Gasteiger partial charge in [0.25, 0.3) is 0 Å². The summed E-state index contributed by atoms with van der Waals surface area (Å²) in [6.45, 7) is 0.813. The minimum Gasteiger partial charge on any atom is -0.508 e. The Bertz CT molecular complexity index is 797. The van der Waals surface area contributed by atoms with Crippen LogP contribution in [0.5, 0.6) is 5.75 Å². The van der Waals surface area contributed by atoms with Gasteiger partial charge in [0.05, 0.1) is 13.0 Å². The predicted molar refractivity (Wildman–Crippen MR) is 104 cm³/mol. The van der Waals surface area contributed by atoms with Gasteiger partial charge in [-0.15, -0.1) is 0 Å². The van der Waals surface area contributed by atoms with Crippen LogP contribution in [-0.4, -0.2) is 64.5 Å². The number of carboxylic acids is 1. The van der Waals surface area contributed by atoms with Crippen LogP contribution in [0.4, 0.5) is 0 Å². The molecule has 0 aromatic heterocycles. The van der Waals surface area contributed by atoms with Crippen molar-refractivity contribution in [2.45, 2.75) is 37.9 Å². The number of primary amides is 1. The largest absolute Gasteiger partial charge is 0.508 e. The van der Waals surface area contributed by atoms with Crippen molar-refractivity contribution in [3.05, 3.63) is 29.8 Å². The Morgan fingerprint density at radius 2 is 1.53 bits per heavy atom. The fraction of sp³-hybridized carbons (Fsp3) is 0.389. The number of phenols is 1. The number of carbonyl (C=O) groups excluding carboxylic acids is 4. The van der Waals surface area contributed by atoms with Crippen LogP contribution in [0.25, 0.3) is 0 Å². The van der Waals surface area contributed by atoms with E-state index in [2.05, 4.69) is 16.0 Å². The smallest absolute Gasteiger partial charge is 0.325 e. The first kappa shape index (κ1) is 24.4. The maximum Gasteiger partial charge on any atom is 0.325 e. The van der Waals surface area contributed by atoms with Crippen LogP contribution < -0.4 is 27.4 Å². The first-order valence-electron chi connectivity index (χ1n) is 8.92. The number of nitrogens with one attached hydrogen (secondary N) is 3. The first-order valence-corrected chi connectivity index (χ1v) is 8.92. The summed E-state index contributed by atoms with van der Waals surface area (Å²) in [5.41, 5.74) is 10.9. The number of amides is 4. The normalized spacial score (nSPS) is 13.4. The first-order chi connectivity index (χ1) is 14.0. The molecule has 1 aromatic carbocycles. The van der Waals surface area contributed by atoms with Gasteiger partial charge in [0.1, 0.15) is 23.9 Å². The van der Waals surface area contributed by atoms with Gasteiger partial charge in [-0.3, -0.25) is 24.0 Å². The van der Waals surface area contributed by atoms with E-state index in [0.717, 1.165) is 0 Å². The second-order valence-corrected chi connectivity index (χ2v) is 6.49. The number of benzene rings is 1. The zero-order valence-electron chi connectivity index (χ0n) is 16.3. The minimum atomic E-state index is -1.37. The number of carboxylic acid groups (broad SMARTS) is 1. The molecule has 0 radical (unpaired) electrons. The standard InChI is InChI=1S/C18H25N5O7/c1-9(18(29)30)21-16(27)12(6-10-2-4-11(24)5-3-10)23-17(28)13(7-14(20)25)22-15(26)8-19/h2-5,9,12-13,24H,6-8,19H2,1H3,(H2,20,25)(H,21,27)(H,22,26)(H,23,28)(H,29,30). The van der Waals surface area contributed by atoms with Crippen molar-refractivity contribution in [3.63, 3.8) is 0 Å². The summed E-state index contributed by atoms with van der Waals surface area (Å²) in [5, 5.41) is 25.2. The lowest BCUT2D eigenvalue weighted by molar-refractivity contribution is -0.141. The molecular formula is C18H25N5O7. The molecule has 0 saturated heterocycles. The highest BCUT2D eigenvalue weighted by Gasteiger charge is 2.29. The molecule has 0 saturated carbocycles. The molecule has 1 rings (SSSR count). The number of nitrogens with two attached hydrogens (primary N) is 2. The highest BCUT2D eigenvalue weighted by atomic mass is 16.4. The van der Waals surface area contributed by atoms with Crippen LogP contribution >= 0.6 is 0 Å². The Morgan fingerprint density at radius 3 is 2.03 bits per heavy atom. The Balaban J connectivity index is 3.05. The molecule has 12 nitrogen and oxygen atoms in total. The molecule has 12 heteroatoms. The minimum absolute atomic E-state index is 0.00527. The van der Waals surface area contributed by atoms with Crippen LogP contribution in [-0.2, 0) is 30.4 Å². The van der Waals surface area contributed by atoms with E-state index in [1.54, 1.807) is 0 Å². The zero-order chi connectivity index (χ0) is 22.8. The Morgan fingerprint density at radius 1 is 0.967 bits per heavy atom. The lowest BCUT2D eigenvalue weighted by Gasteiger charge is -2.23. The topological polar surface area (TPSA) is 214 Å². The number of hydrogen-bond donors (Lipinski definition) is 7. The molecule has 0 bridgehead atoms. The van der Waals surface area contributed by atoms with Crippen LogP contribution in [0.15, 0.2) is 24.3 Å². The number of carbonyl (C=O) groups is 5. The number of phenolic OH excluding ortho intramolecular Hbond substituents is 1. The summed E-state index contributed by atoms with van der Waals surface area (Å²) in [5.74, 6) is -4.54. The van der Waals surface area contributed by atoms with Gasteiger partial charge in [0, 0.05) is 6.42 Å². The van der Waals surface area contributed by atoms with Gasteiger partial charge in [-0.05, 0) is 24.6 Å². The predicted octanol–water partition coefficient (Wildman–Crippen LogP) is -2.67. The highest BCUT2D eigenvalue weighted by Crippen LogP contribution is 2.12. The van der Waals surface area contributed by atoms with Crippen molar-refractivity contribution in [3.8, 4) is 5.75 Å². The molecule has 3 atom stereocenters. The van der Waals surface area contributed by atoms with E-state index in [9.17, 15) is 29.1 Å². The molecule has 0 spiro atoms. The van der Waals surface area contributed by atoms with Gasteiger partial charge >= 0.3 is 5.97 Å². The molecule has 4 amide bonds.